The highest BCUT2D eigenvalue weighted by atomic mass is 16.5. The lowest BCUT2D eigenvalue weighted by Gasteiger charge is -2.17. The highest BCUT2D eigenvalue weighted by Crippen LogP contribution is 2.24. The highest BCUT2D eigenvalue weighted by molar-refractivity contribution is 5.77. The van der Waals surface area contributed by atoms with E-state index in [1.54, 1.807) is 6.92 Å². The summed E-state index contributed by atoms with van der Waals surface area (Å²) in [5, 5.41) is 12.1. The summed E-state index contributed by atoms with van der Waals surface area (Å²) in [6.07, 6.45) is 0.113. The van der Waals surface area contributed by atoms with E-state index in [1.165, 1.54) is 5.56 Å². The number of ether oxygens (including phenoxy) is 1. The van der Waals surface area contributed by atoms with Crippen molar-refractivity contribution in [2.24, 2.45) is 0 Å². The van der Waals surface area contributed by atoms with Crippen LogP contribution in [0.4, 0.5) is 0 Å². The fourth-order valence-electron chi connectivity index (χ4n) is 2.42. The molecule has 0 aliphatic rings. The summed E-state index contributed by atoms with van der Waals surface area (Å²) in [7, 11) is 0. The first-order valence-electron chi connectivity index (χ1n) is 6.97. The van der Waals surface area contributed by atoms with Crippen molar-refractivity contribution in [1.82, 2.24) is 5.32 Å². The van der Waals surface area contributed by atoms with Crippen molar-refractivity contribution >= 4 is 5.91 Å². The summed E-state index contributed by atoms with van der Waals surface area (Å²) in [6, 6.07) is 4.01. The Balaban J connectivity index is 2.53. The van der Waals surface area contributed by atoms with Gasteiger partial charge in [0, 0.05) is 6.04 Å². The maximum Gasteiger partial charge on any atom is 0.258 e. The van der Waals surface area contributed by atoms with Gasteiger partial charge in [-0.25, -0.2) is 0 Å². The van der Waals surface area contributed by atoms with Crippen LogP contribution < -0.4 is 10.1 Å². The second-order valence-electron chi connectivity index (χ2n) is 5.57. The number of aliphatic hydroxyl groups is 1. The topological polar surface area (TPSA) is 58.6 Å². The molecule has 1 amide bonds. The summed E-state index contributed by atoms with van der Waals surface area (Å²) in [4.78, 5) is 11.8. The fraction of sp³-hybridized carbons (Fsp3) is 0.562. The normalized spacial score (nSPS) is 13.7. The molecule has 4 heteroatoms. The van der Waals surface area contributed by atoms with Crippen molar-refractivity contribution < 1.29 is 14.6 Å². The van der Waals surface area contributed by atoms with Gasteiger partial charge in [0.05, 0.1) is 6.10 Å². The van der Waals surface area contributed by atoms with Crippen LogP contribution in [0.3, 0.4) is 0 Å². The number of nitrogens with one attached hydrogen (secondary N) is 1. The number of carbonyl (C=O) groups excluding carboxylic acids is 1. The van der Waals surface area contributed by atoms with Crippen molar-refractivity contribution in [3.63, 3.8) is 0 Å². The van der Waals surface area contributed by atoms with Gasteiger partial charge in [-0.15, -0.1) is 0 Å². The van der Waals surface area contributed by atoms with Crippen LogP contribution in [-0.2, 0) is 4.79 Å². The molecule has 20 heavy (non-hydrogen) atoms. The Morgan fingerprint density at radius 1 is 1.25 bits per heavy atom. The molecule has 2 N–H and O–H groups in total. The Kier molecular flexibility index (Phi) is 6.02. The average molecular weight is 279 g/mol. The van der Waals surface area contributed by atoms with Crippen LogP contribution in [0.5, 0.6) is 5.75 Å². The van der Waals surface area contributed by atoms with Crippen LogP contribution in [0.15, 0.2) is 12.1 Å². The number of benzene rings is 1. The minimum Gasteiger partial charge on any atom is -0.483 e. The monoisotopic (exact) mass is 279 g/mol. The van der Waals surface area contributed by atoms with Crippen LogP contribution in [0.1, 0.15) is 37.0 Å². The van der Waals surface area contributed by atoms with Gasteiger partial charge in [-0.1, -0.05) is 17.7 Å². The number of carbonyl (C=O) groups is 1. The van der Waals surface area contributed by atoms with Gasteiger partial charge < -0.3 is 15.2 Å². The second kappa shape index (κ2) is 7.29. The van der Waals surface area contributed by atoms with E-state index in [4.69, 9.17) is 4.74 Å². The molecule has 2 unspecified atom stereocenters. The molecular weight excluding hydrogens is 254 g/mol. The van der Waals surface area contributed by atoms with Gasteiger partial charge >= 0.3 is 0 Å². The molecule has 0 aliphatic carbocycles. The van der Waals surface area contributed by atoms with Gasteiger partial charge in [0.1, 0.15) is 5.75 Å². The molecular formula is C16H25NO3. The lowest BCUT2D eigenvalue weighted by molar-refractivity contribution is -0.123. The molecule has 0 aromatic heterocycles. The van der Waals surface area contributed by atoms with Crippen molar-refractivity contribution in [3.8, 4) is 5.75 Å². The summed E-state index contributed by atoms with van der Waals surface area (Å²) >= 11 is 0. The van der Waals surface area contributed by atoms with Gasteiger partial charge in [-0.05, 0) is 52.2 Å². The molecule has 1 aromatic carbocycles. The predicted octanol–water partition coefficient (Wildman–Crippen LogP) is 2.27. The summed E-state index contributed by atoms with van der Waals surface area (Å²) in [6.45, 7) is 9.56. The maximum absolute atomic E-state index is 11.8. The quantitative estimate of drug-likeness (QED) is 0.840. The highest BCUT2D eigenvalue weighted by Gasteiger charge is 2.12. The molecule has 2 atom stereocenters. The molecule has 4 nitrogen and oxygen atoms in total. The number of aryl methyl sites for hydroxylation is 3. The summed E-state index contributed by atoms with van der Waals surface area (Å²) in [5.41, 5.74) is 3.25. The van der Waals surface area contributed by atoms with E-state index < -0.39 is 6.10 Å². The molecule has 0 radical (unpaired) electrons. The first-order chi connectivity index (χ1) is 9.29. The largest absolute Gasteiger partial charge is 0.483 e. The Morgan fingerprint density at radius 2 is 1.80 bits per heavy atom. The Labute approximate surface area is 121 Å². The first kappa shape index (κ1) is 16.5. The zero-order valence-corrected chi connectivity index (χ0v) is 13.0. The van der Waals surface area contributed by atoms with E-state index in [9.17, 15) is 9.90 Å². The van der Waals surface area contributed by atoms with Crippen LogP contribution in [0.2, 0.25) is 0 Å². The molecule has 0 aliphatic heterocycles. The van der Waals surface area contributed by atoms with Crippen LogP contribution in [-0.4, -0.2) is 29.8 Å². The summed E-state index contributed by atoms with van der Waals surface area (Å²) < 4.78 is 5.62. The molecule has 1 rings (SSSR count). The number of rotatable bonds is 6. The number of aliphatic hydroxyl groups excluding tert-OH is 1. The molecule has 0 fully saturated rings. The molecule has 0 saturated heterocycles. The van der Waals surface area contributed by atoms with E-state index in [0.717, 1.165) is 16.9 Å². The van der Waals surface area contributed by atoms with Gasteiger partial charge in [-0.3, -0.25) is 4.79 Å². The average Bonchev–Trinajstić information content (AvgIpc) is 2.25. The predicted molar refractivity (Wildman–Crippen MR) is 80.1 cm³/mol. The van der Waals surface area contributed by atoms with E-state index in [-0.39, 0.29) is 18.6 Å². The van der Waals surface area contributed by atoms with E-state index in [1.807, 2.05) is 39.8 Å². The number of amides is 1. The van der Waals surface area contributed by atoms with Crippen LogP contribution in [0, 0.1) is 20.8 Å². The Bertz CT molecular complexity index is 446. The number of hydrogen-bond acceptors (Lipinski definition) is 3. The van der Waals surface area contributed by atoms with E-state index >= 15 is 0 Å². The second-order valence-corrected chi connectivity index (χ2v) is 5.57. The molecule has 0 saturated carbocycles. The lowest BCUT2D eigenvalue weighted by Crippen LogP contribution is -2.37. The first-order valence-corrected chi connectivity index (χ1v) is 6.97. The minimum atomic E-state index is -0.423. The van der Waals surface area contributed by atoms with E-state index in [2.05, 4.69) is 5.32 Å². The summed E-state index contributed by atoms with van der Waals surface area (Å²) in [5.74, 6) is 0.603. The van der Waals surface area contributed by atoms with Gasteiger partial charge in [0.15, 0.2) is 6.61 Å². The Hall–Kier alpha value is -1.55. The maximum atomic E-state index is 11.8. The zero-order chi connectivity index (χ0) is 15.3. The molecule has 112 valence electrons. The third-order valence-electron chi connectivity index (χ3n) is 3.05. The SMILES string of the molecule is Cc1cc(C)c(OCC(=O)NC(C)CC(C)O)c(C)c1. The standard InChI is InChI=1S/C16H25NO3/c1-10-6-11(2)16(12(3)7-10)20-9-15(19)17-13(4)8-14(5)18/h6-7,13-14,18H,8-9H2,1-5H3,(H,17,19). The van der Waals surface area contributed by atoms with Gasteiger partial charge in [0.25, 0.3) is 5.91 Å². The van der Waals surface area contributed by atoms with Crippen molar-refractivity contribution in [2.45, 2.75) is 53.2 Å². The third kappa shape index (κ3) is 5.21. The van der Waals surface area contributed by atoms with Crippen molar-refractivity contribution in [1.29, 1.82) is 0 Å². The lowest BCUT2D eigenvalue weighted by atomic mass is 10.1. The van der Waals surface area contributed by atoms with Gasteiger partial charge in [0.2, 0.25) is 0 Å². The molecule has 0 spiro atoms. The smallest absolute Gasteiger partial charge is 0.258 e. The zero-order valence-electron chi connectivity index (χ0n) is 13.0. The van der Waals surface area contributed by atoms with Gasteiger partial charge in [-0.2, -0.15) is 0 Å². The minimum absolute atomic E-state index is 0.00507. The third-order valence-corrected chi connectivity index (χ3v) is 3.05. The van der Waals surface area contributed by atoms with Crippen LogP contribution >= 0.6 is 0 Å². The van der Waals surface area contributed by atoms with E-state index in [0.29, 0.717) is 6.42 Å². The molecule has 1 aromatic rings. The molecule has 0 heterocycles. The van der Waals surface area contributed by atoms with Crippen LogP contribution in [0.25, 0.3) is 0 Å². The fourth-order valence-corrected chi connectivity index (χ4v) is 2.42. The Morgan fingerprint density at radius 3 is 2.30 bits per heavy atom. The molecule has 0 bridgehead atoms. The number of hydrogen-bond donors (Lipinski definition) is 2. The van der Waals surface area contributed by atoms with Crippen molar-refractivity contribution in [3.05, 3.63) is 28.8 Å². The van der Waals surface area contributed by atoms with Crippen molar-refractivity contribution in [2.75, 3.05) is 6.61 Å².